The molecule has 0 radical (unpaired) electrons. The molecule has 8 nitrogen and oxygen atoms in total. The molecule has 2 N–H and O–H groups in total. The lowest BCUT2D eigenvalue weighted by Crippen LogP contribution is -2.31. The molecule has 2 heterocycles. The second kappa shape index (κ2) is 9.62. The number of likely N-dealkylation sites (N-methyl/N-ethyl adjacent to an activating group) is 1. The Morgan fingerprint density at radius 3 is 2.36 bits per heavy atom. The van der Waals surface area contributed by atoms with Gasteiger partial charge in [-0.3, -0.25) is 9.59 Å². The van der Waals surface area contributed by atoms with Crippen LogP contribution in [0, 0.1) is 0 Å². The number of imidazole rings is 1. The Morgan fingerprint density at radius 1 is 0.939 bits per heavy atom. The van der Waals surface area contributed by atoms with Gasteiger partial charge >= 0.3 is 0 Å². The number of benzene rings is 2. The van der Waals surface area contributed by atoms with Crippen molar-refractivity contribution in [3.05, 3.63) is 78.0 Å². The van der Waals surface area contributed by atoms with Crippen LogP contribution in [0.3, 0.4) is 0 Å². The molecule has 4 aromatic rings. The number of nitrogens with one attached hydrogen (secondary N) is 2. The van der Waals surface area contributed by atoms with Gasteiger partial charge in [-0.15, -0.1) is 0 Å². The lowest BCUT2D eigenvalue weighted by atomic mass is 10.1. The lowest BCUT2D eigenvalue weighted by molar-refractivity contribution is 0.0947. The van der Waals surface area contributed by atoms with Crippen molar-refractivity contribution in [3.8, 4) is 22.5 Å². The van der Waals surface area contributed by atoms with Crippen LogP contribution in [0.1, 0.15) is 20.7 Å². The summed E-state index contributed by atoms with van der Waals surface area (Å²) in [6.07, 6.45) is 1.75. The highest BCUT2D eigenvalue weighted by Crippen LogP contribution is 2.24. The first-order chi connectivity index (χ1) is 16.0. The summed E-state index contributed by atoms with van der Waals surface area (Å²) in [6, 6.07) is 18.5. The lowest BCUT2D eigenvalue weighted by Gasteiger charge is -2.11. The Labute approximate surface area is 192 Å². The van der Waals surface area contributed by atoms with E-state index in [1.807, 2.05) is 67.5 Å². The van der Waals surface area contributed by atoms with E-state index in [-0.39, 0.29) is 11.8 Å². The summed E-state index contributed by atoms with van der Waals surface area (Å²) < 4.78 is 1.75. The van der Waals surface area contributed by atoms with Crippen molar-refractivity contribution in [1.82, 2.24) is 30.1 Å². The SMILES string of the molecule is CNC(=O)c1cccc(-c2ccc3ncc(-c4cccc(C(=O)NCCN(C)C)c4)n3n2)c1. The molecule has 8 heteroatoms. The highest BCUT2D eigenvalue weighted by atomic mass is 16.2. The first-order valence-electron chi connectivity index (χ1n) is 10.7. The number of amides is 2. The highest BCUT2D eigenvalue weighted by Gasteiger charge is 2.13. The van der Waals surface area contributed by atoms with Crippen LogP contribution in [0.2, 0.25) is 0 Å². The van der Waals surface area contributed by atoms with Gasteiger partial charge in [-0.05, 0) is 50.5 Å². The molecule has 0 spiro atoms. The molecule has 0 unspecified atom stereocenters. The number of rotatable bonds is 7. The maximum atomic E-state index is 12.6. The predicted octanol–water partition coefficient (Wildman–Crippen LogP) is 2.71. The first kappa shape index (κ1) is 22.2. The molecule has 2 amide bonds. The van der Waals surface area contributed by atoms with Crippen LogP contribution in [-0.2, 0) is 0 Å². The van der Waals surface area contributed by atoms with Crippen LogP contribution in [0.15, 0.2) is 66.9 Å². The van der Waals surface area contributed by atoms with Gasteiger partial charge in [0.05, 0.1) is 17.6 Å². The molecule has 2 aromatic carbocycles. The number of aromatic nitrogens is 3. The van der Waals surface area contributed by atoms with Crippen molar-refractivity contribution in [3.63, 3.8) is 0 Å². The Hall–Kier alpha value is -4.04. The molecule has 33 heavy (non-hydrogen) atoms. The van der Waals surface area contributed by atoms with Crippen molar-refractivity contribution in [2.45, 2.75) is 0 Å². The summed E-state index contributed by atoms with van der Waals surface area (Å²) in [4.78, 5) is 31.1. The summed E-state index contributed by atoms with van der Waals surface area (Å²) in [7, 11) is 5.54. The van der Waals surface area contributed by atoms with Gasteiger partial charge in [0, 0.05) is 42.4 Å². The van der Waals surface area contributed by atoms with Gasteiger partial charge in [-0.2, -0.15) is 5.10 Å². The monoisotopic (exact) mass is 442 g/mol. The largest absolute Gasteiger partial charge is 0.355 e. The molecular formula is C25H26N6O2. The van der Waals surface area contributed by atoms with E-state index in [1.54, 1.807) is 29.9 Å². The molecule has 168 valence electrons. The summed E-state index contributed by atoms with van der Waals surface area (Å²) in [5.74, 6) is -0.269. The van der Waals surface area contributed by atoms with Crippen LogP contribution >= 0.6 is 0 Å². The number of carbonyl (C=O) groups is 2. The zero-order chi connectivity index (χ0) is 23.4. The average molecular weight is 443 g/mol. The molecule has 0 fully saturated rings. The predicted molar refractivity (Wildman–Crippen MR) is 128 cm³/mol. The van der Waals surface area contributed by atoms with Gasteiger partial charge in [0.2, 0.25) is 0 Å². The van der Waals surface area contributed by atoms with Crippen molar-refractivity contribution in [2.75, 3.05) is 34.2 Å². The third kappa shape index (κ3) is 4.91. The Bertz CT molecular complexity index is 1310. The van der Waals surface area contributed by atoms with E-state index in [2.05, 4.69) is 15.6 Å². The van der Waals surface area contributed by atoms with E-state index >= 15 is 0 Å². The summed E-state index contributed by atoms with van der Waals surface area (Å²) in [5, 5.41) is 10.3. The van der Waals surface area contributed by atoms with Crippen LogP contribution in [0.4, 0.5) is 0 Å². The fourth-order valence-corrected chi connectivity index (χ4v) is 3.50. The van der Waals surface area contributed by atoms with Gasteiger partial charge in [0.25, 0.3) is 11.8 Å². The zero-order valence-corrected chi connectivity index (χ0v) is 18.9. The molecule has 2 aromatic heterocycles. The summed E-state index contributed by atoms with van der Waals surface area (Å²) in [6.45, 7) is 1.35. The number of hydrogen-bond acceptors (Lipinski definition) is 5. The van der Waals surface area contributed by atoms with Gasteiger partial charge in [0.15, 0.2) is 5.65 Å². The molecule has 0 saturated carbocycles. The maximum absolute atomic E-state index is 12.6. The molecule has 0 aliphatic rings. The quantitative estimate of drug-likeness (QED) is 0.459. The third-order valence-electron chi connectivity index (χ3n) is 5.27. The van der Waals surface area contributed by atoms with Crippen molar-refractivity contribution < 1.29 is 9.59 Å². The standard InChI is InChI=1S/C25H26N6O2/c1-26-24(32)19-8-4-6-17(14-19)21-10-11-23-28-16-22(31(23)29-21)18-7-5-9-20(15-18)25(33)27-12-13-30(2)3/h4-11,14-16H,12-13H2,1-3H3,(H,26,32)(H,27,33). The Kier molecular flexibility index (Phi) is 6.46. The minimum absolute atomic E-state index is 0.118. The normalized spacial score (nSPS) is 11.0. The Morgan fingerprint density at radius 2 is 1.64 bits per heavy atom. The van der Waals surface area contributed by atoms with Crippen molar-refractivity contribution >= 4 is 17.5 Å². The minimum Gasteiger partial charge on any atom is -0.355 e. The van der Waals surface area contributed by atoms with Gasteiger partial charge < -0.3 is 15.5 Å². The number of fused-ring (bicyclic) bond motifs is 1. The molecule has 0 saturated heterocycles. The molecular weight excluding hydrogens is 416 g/mol. The van der Waals surface area contributed by atoms with E-state index in [4.69, 9.17) is 5.10 Å². The fraction of sp³-hybridized carbons (Fsp3) is 0.200. The number of carbonyl (C=O) groups excluding carboxylic acids is 2. The molecule has 0 aliphatic heterocycles. The van der Waals surface area contributed by atoms with E-state index < -0.39 is 0 Å². The fourth-order valence-electron chi connectivity index (χ4n) is 3.50. The topological polar surface area (TPSA) is 91.6 Å². The third-order valence-corrected chi connectivity index (χ3v) is 5.27. The smallest absolute Gasteiger partial charge is 0.251 e. The highest BCUT2D eigenvalue weighted by molar-refractivity contribution is 5.96. The van der Waals surface area contributed by atoms with E-state index in [0.717, 1.165) is 23.4 Å². The Balaban J connectivity index is 1.66. The average Bonchev–Trinajstić information content (AvgIpc) is 3.26. The van der Waals surface area contributed by atoms with Crippen LogP contribution < -0.4 is 10.6 Å². The molecule has 0 bridgehead atoms. The van der Waals surface area contributed by atoms with Gasteiger partial charge in [-0.25, -0.2) is 9.50 Å². The molecule has 0 atom stereocenters. The van der Waals surface area contributed by atoms with Crippen molar-refractivity contribution in [2.24, 2.45) is 0 Å². The van der Waals surface area contributed by atoms with Gasteiger partial charge in [0.1, 0.15) is 0 Å². The van der Waals surface area contributed by atoms with Crippen LogP contribution in [-0.4, -0.2) is 65.5 Å². The molecule has 4 rings (SSSR count). The first-order valence-corrected chi connectivity index (χ1v) is 10.7. The number of nitrogens with zero attached hydrogens (tertiary/aromatic N) is 4. The zero-order valence-electron chi connectivity index (χ0n) is 18.9. The van der Waals surface area contributed by atoms with Crippen LogP contribution in [0.5, 0.6) is 0 Å². The van der Waals surface area contributed by atoms with E-state index in [9.17, 15) is 9.59 Å². The van der Waals surface area contributed by atoms with Crippen LogP contribution in [0.25, 0.3) is 28.2 Å². The van der Waals surface area contributed by atoms with E-state index in [0.29, 0.717) is 29.0 Å². The van der Waals surface area contributed by atoms with E-state index in [1.165, 1.54) is 0 Å². The minimum atomic E-state index is -0.151. The second-order valence-corrected chi connectivity index (χ2v) is 7.93. The summed E-state index contributed by atoms with van der Waals surface area (Å²) in [5.41, 5.74) is 4.99. The van der Waals surface area contributed by atoms with Gasteiger partial charge in [-0.1, -0.05) is 24.3 Å². The number of hydrogen-bond donors (Lipinski definition) is 2. The summed E-state index contributed by atoms with van der Waals surface area (Å²) >= 11 is 0. The maximum Gasteiger partial charge on any atom is 0.251 e. The van der Waals surface area contributed by atoms with Crippen molar-refractivity contribution in [1.29, 1.82) is 0 Å². The second-order valence-electron chi connectivity index (χ2n) is 7.93. The molecule has 0 aliphatic carbocycles.